The number of pyridine rings is 1. The Morgan fingerprint density at radius 2 is 2.25 bits per heavy atom. The van der Waals surface area contributed by atoms with E-state index < -0.39 is 0 Å². The van der Waals surface area contributed by atoms with Crippen LogP contribution in [-0.2, 0) is 0 Å². The predicted octanol–water partition coefficient (Wildman–Crippen LogP) is 2.95. The van der Waals surface area contributed by atoms with Gasteiger partial charge in [0.05, 0.1) is 6.26 Å². The zero-order valence-corrected chi connectivity index (χ0v) is 7.24. The highest BCUT2D eigenvalue weighted by molar-refractivity contribution is 5.76. The molecule has 2 aromatic rings. The van der Waals surface area contributed by atoms with Crippen molar-refractivity contribution in [3.63, 3.8) is 0 Å². The van der Waals surface area contributed by atoms with Crippen molar-refractivity contribution >= 4 is 11.1 Å². The molecule has 2 heterocycles. The average molecular weight is 161 g/mol. The zero-order chi connectivity index (χ0) is 8.55. The molecule has 0 aromatic carbocycles. The molecule has 2 rings (SSSR count). The number of fused-ring (bicyclic) bond motifs is 1. The standard InChI is InChI=1S/C10H11NO/c1-7(2)8-6-12-9-4-3-5-11-10(8)9/h3-7H,1-2H3. The normalized spacial score (nSPS) is 11.2. The van der Waals surface area contributed by atoms with Gasteiger partial charge in [0.25, 0.3) is 0 Å². The fraction of sp³-hybridized carbons (Fsp3) is 0.300. The summed E-state index contributed by atoms with van der Waals surface area (Å²) in [7, 11) is 0. The molecule has 0 N–H and O–H groups in total. The summed E-state index contributed by atoms with van der Waals surface area (Å²) in [6.07, 6.45) is 3.59. The van der Waals surface area contributed by atoms with E-state index in [0.717, 1.165) is 11.1 Å². The molecule has 0 saturated heterocycles. The highest BCUT2D eigenvalue weighted by atomic mass is 16.3. The van der Waals surface area contributed by atoms with Crippen LogP contribution in [0.4, 0.5) is 0 Å². The minimum Gasteiger partial charge on any atom is -0.462 e. The second-order valence-corrected chi connectivity index (χ2v) is 3.20. The molecular weight excluding hydrogens is 150 g/mol. The summed E-state index contributed by atoms with van der Waals surface area (Å²) in [5, 5.41) is 0. The number of hydrogen-bond donors (Lipinski definition) is 0. The Kier molecular flexibility index (Phi) is 1.61. The number of aromatic nitrogens is 1. The second kappa shape index (κ2) is 2.63. The summed E-state index contributed by atoms with van der Waals surface area (Å²) >= 11 is 0. The van der Waals surface area contributed by atoms with E-state index in [2.05, 4.69) is 18.8 Å². The summed E-state index contributed by atoms with van der Waals surface area (Å²) in [4.78, 5) is 4.27. The minimum absolute atomic E-state index is 0.473. The Bertz CT molecular complexity index is 389. The van der Waals surface area contributed by atoms with Crippen molar-refractivity contribution in [3.8, 4) is 0 Å². The fourth-order valence-corrected chi connectivity index (χ4v) is 1.29. The minimum atomic E-state index is 0.473. The van der Waals surface area contributed by atoms with Crippen LogP contribution in [0.1, 0.15) is 25.3 Å². The number of furan rings is 1. The van der Waals surface area contributed by atoms with Gasteiger partial charge in [0.2, 0.25) is 0 Å². The van der Waals surface area contributed by atoms with E-state index in [1.54, 1.807) is 12.5 Å². The third-order valence-corrected chi connectivity index (χ3v) is 1.98. The van der Waals surface area contributed by atoms with Crippen molar-refractivity contribution in [2.24, 2.45) is 0 Å². The molecule has 0 atom stereocenters. The van der Waals surface area contributed by atoms with Crippen LogP contribution in [0.25, 0.3) is 11.1 Å². The van der Waals surface area contributed by atoms with E-state index in [1.165, 1.54) is 5.56 Å². The molecule has 0 aliphatic rings. The van der Waals surface area contributed by atoms with Gasteiger partial charge in [-0.05, 0) is 18.1 Å². The predicted molar refractivity (Wildman–Crippen MR) is 48.1 cm³/mol. The van der Waals surface area contributed by atoms with E-state index >= 15 is 0 Å². The van der Waals surface area contributed by atoms with Crippen molar-refractivity contribution in [2.45, 2.75) is 19.8 Å². The van der Waals surface area contributed by atoms with Gasteiger partial charge >= 0.3 is 0 Å². The van der Waals surface area contributed by atoms with E-state index in [1.807, 2.05) is 12.1 Å². The van der Waals surface area contributed by atoms with Crippen LogP contribution >= 0.6 is 0 Å². The molecule has 12 heavy (non-hydrogen) atoms. The molecule has 2 nitrogen and oxygen atoms in total. The SMILES string of the molecule is CC(C)c1coc2cccnc12. The average Bonchev–Trinajstić information content (AvgIpc) is 2.47. The molecule has 2 aromatic heterocycles. The van der Waals surface area contributed by atoms with E-state index in [4.69, 9.17) is 4.42 Å². The van der Waals surface area contributed by atoms with Crippen LogP contribution in [0.5, 0.6) is 0 Å². The van der Waals surface area contributed by atoms with Crippen molar-refractivity contribution in [2.75, 3.05) is 0 Å². The van der Waals surface area contributed by atoms with E-state index in [0.29, 0.717) is 5.92 Å². The first-order chi connectivity index (χ1) is 5.79. The smallest absolute Gasteiger partial charge is 0.152 e. The Hall–Kier alpha value is -1.31. The van der Waals surface area contributed by atoms with Crippen molar-refractivity contribution in [1.82, 2.24) is 4.98 Å². The molecule has 0 saturated carbocycles. The summed E-state index contributed by atoms with van der Waals surface area (Å²) in [5.41, 5.74) is 3.05. The first-order valence-electron chi connectivity index (χ1n) is 4.11. The van der Waals surface area contributed by atoms with Gasteiger partial charge in [-0.15, -0.1) is 0 Å². The molecule has 0 aliphatic heterocycles. The Labute approximate surface area is 71.2 Å². The zero-order valence-electron chi connectivity index (χ0n) is 7.24. The lowest BCUT2D eigenvalue weighted by molar-refractivity contribution is 0.606. The largest absolute Gasteiger partial charge is 0.462 e. The third-order valence-electron chi connectivity index (χ3n) is 1.98. The fourth-order valence-electron chi connectivity index (χ4n) is 1.29. The first-order valence-corrected chi connectivity index (χ1v) is 4.11. The maximum Gasteiger partial charge on any atom is 0.152 e. The molecule has 0 fully saturated rings. The van der Waals surface area contributed by atoms with Crippen LogP contribution in [0, 0.1) is 0 Å². The maximum absolute atomic E-state index is 5.35. The topological polar surface area (TPSA) is 26.0 Å². The molecule has 2 heteroatoms. The van der Waals surface area contributed by atoms with Gasteiger partial charge in [0.15, 0.2) is 5.58 Å². The van der Waals surface area contributed by atoms with Crippen LogP contribution in [-0.4, -0.2) is 4.98 Å². The van der Waals surface area contributed by atoms with Gasteiger partial charge in [-0.1, -0.05) is 13.8 Å². The lowest BCUT2D eigenvalue weighted by atomic mass is 10.1. The number of nitrogens with zero attached hydrogens (tertiary/aromatic N) is 1. The molecule has 0 unspecified atom stereocenters. The van der Waals surface area contributed by atoms with Crippen LogP contribution < -0.4 is 0 Å². The summed E-state index contributed by atoms with van der Waals surface area (Å²) in [6, 6.07) is 3.82. The highest BCUT2D eigenvalue weighted by Crippen LogP contribution is 2.24. The Morgan fingerprint density at radius 1 is 1.42 bits per heavy atom. The Balaban J connectivity index is 2.70. The number of rotatable bonds is 1. The third kappa shape index (κ3) is 0.998. The van der Waals surface area contributed by atoms with Crippen molar-refractivity contribution in [3.05, 3.63) is 30.2 Å². The molecular formula is C10H11NO. The molecule has 0 bridgehead atoms. The molecule has 0 amide bonds. The first kappa shape index (κ1) is 7.35. The van der Waals surface area contributed by atoms with Crippen LogP contribution in [0.2, 0.25) is 0 Å². The van der Waals surface area contributed by atoms with Crippen molar-refractivity contribution < 1.29 is 4.42 Å². The molecule has 0 radical (unpaired) electrons. The van der Waals surface area contributed by atoms with Gasteiger partial charge in [-0.25, -0.2) is 0 Å². The van der Waals surface area contributed by atoms with Gasteiger partial charge < -0.3 is 4.42 Å². The lowest BCUT2D eigenvalue weighted by Gasteiger charge is -1.98. The van der Waals surface area contributed by atoms with Gasteiger partial charge in [-0.3, -0.25) is 4.98 Å². The van der Waals surface area contributed by atoms with Gasteiger partial charge in [-0.2, -0.15) is 0 Å². The van der Waals surface area contributed by atoms with Gasteiger partial charge in [0.1, 0.15) is 5.52 Å². The molecule has 0 spiro atoms. The second-order valence-electron chi connectivity index (χ2n) is 3.20. The quantitative estimate of drug-likeness (QED) is 0.642. The van der Waals surface area contributed by atoms with Crippen LogP contribution in [0.3, 0.4) is 0 Å². The molecule has 62 valence electrons. The lowest BCUT2D eigenvalue weighted by Crippen LogP contribution is -1.85. The summed E-state index contributed by atoms with van der Waals surface area (Å²) < 4.78 is 5.35. The van der Waals surface area contributed by atoms with E-state index in [-0.39, 0.29) is 0 Å². The number of hydrogen-bond acceptors (Lipinski definition) is 2. The summed E-state index contributed by atoms with van der Waals surface area (Å²) in [6.45, 7) is 4.28. The Morgan fingerprint density at radius 3 is 3.00 bits per heavy atom. The van der Waals surface area contributed by atoms with Crippen molar-refractivity contribution in [1.29, 1.82) is 0 Å². The van der Waals surface area contributed by atoms with Gasteiger partial charge in [0, 0.05) is 11.8 Å². The molecule has 0 aliphatic carbocycles. The monoisotopic (exact) mass is 161 g/mol. The van der Waals surface area contributed by atoms with Crippen LogP contribution in [0.15, 0.2) is 29.0 Å². The summed E-state index contributed by atoms with van der Waals surface area (Å²) in [5.74, 6) is 0.473. The maximum atomic E-state index is 5.35. The van der Waals surface area contributed by atoms with E-state index in [9.17, 15) is 0 Å². The highest BCUT2D eigenvalue weighted by Gasteiger charge is 2.08.